The summed E-state index contributed by atoms with van der Waals surface area (Å²) < 4.78 is 0. The molecule has 1 heterocycles. The van der Waals surface area contributed by atoms with E-state index < -0.39 is 0 Å². The Kier molecular flexibility index (Phi) is 6.82. The molecule has 0 aromatic heterocycles. The van der Waals surface area contributed by atoms with Crippen molar-refractivity contribution in [2.75, 3.05) is 32.7 Å². The molecule has 2 aromatic rings. The summed E-state index contributed by atoms with van der Waals surface area (Å²) in [6.45, 7) is 6.47. The molecule has 0 spiro atoms. The van der Waals surface area contributed by atoms with Crippen LogP contribution < -0.4 is 10.6 Å². The Morgan fingerprint density at radius 3 is 2.52 bits per heavy atom. The molecule has 1 aliphatic rings. The van der Waals surface area contributed by atoms with Gasteiger partial charge in [0.25, 0.3) is 5.91 Å². The van der Waals surface area contributed by atoms with Gasteiger partial charge in [0.2, 0.25) is 5.91 Å². The minimum Gasteiger partial charge on any atom is -0.355 e. The van der Waals surface area contributed by atoms with E-state index in [1.54, 1.807) is 0 Å². The lowest BCUT2D eigenvalue weighted by Gasteiger charge is -2.30. The predicted octanol–water partition coefficient (Wildman–Crippen LogP) is 2.81. The Labute approximate surface area is 161 Å². The quantitative estimate of drug-likeness (QED) is 0.791. The van der Waals surface area contributed by atoms with Crippen molar-refractivity contribution in [3.8, 4) is 0 Å². The van der Waals surface area contributed by atoms with Gasteiger partial charge < -0.3 is 15.5 Å². The lowest BCUT2D eigenvalue weighted by Crippen LogP contribution is -2.39. The zero-order valence-corrected chi connectivity index (χ0v) is 16.0. The maximum Gasteiger partial charge on any atom is 0.251 e. The Hall–Kier alpha value is -2.40. The van der Waals surface area contributed by atoms with Crippen LogP contribution in [0.5, 0.6) is 0 Å². The van der Waals surface area contributed by atoms with E-state index in [1.807, 2.05) is 42.5 Å². The zero-order valence-electron chi connectivity index (χ0n) is 16.0. The summed E-state index contributed by atoms with van der Waals surface area (Å²) in [5.74, 6) is 0.664. The van der Waals surface area contributed by atoms with Gasteiger partial charge in [-0.2, -0.15) is 0 Å². The van der Waals surface area contributed by atoms with E-state index in [9.17, 15) is 9.59 Å². The van der Waals surface area contributed by atoms with Gasteiger partial charge in [-0.15, -0.1) is 0 Å². The Balaban J connectivity index is 1.34. The van der Waals surface area contributed by atoms with Crippen LogP contribution in [-0.4, -0.2) is 49.4 Å². The average Bonchev–Trinajstić information content (AvgIpc) is 2.69. The van der Waals surface area contributed by atoms with Gasteiger partial charge in [0.15, 0.2) is 0 Å². The number of likely N-dealkylation sites (tertiary alicyclic amines) is 1. The van der Waals surface area contributed by atoms with Crippen LogP contribution in [-0.2, 0) is 4.79 Å². The molecule has 2 aromatic carbocycles. The highest BCUT2D eigenvalue weighted by Crippen LogP contribution is 2.16. The lowest BCUT2D eigenvalue weighted by molar-refractivity contribution is -0.121. The molecule has 1 aliphatic heterocycles. The Morgan fingerprint density at radius 2 is 1.74 bits per heavy atom. The Bertz CT molecular complexity index is 782. The van der Waals surface area contributed by atoms with Crippen LogP contribution in [0.2, 0.25) is 0 Å². The molecule has 2 amide bonds. The Morgan fingerprint density at radius 1 is 1.00 bits per heavy atom. The van der Waals surface area contributed by atoms with Crippen LogP contribution >= 0.6 is 0 Å². The van der Waals surface area contributed by atoms with E-state index >= 15 is 0 Å². The lowest BCUT2D eigenvalue weighted by atomic mass is 9.99. The van der Waals surface area contributed by atoms with Gasteiger partial charge >= 0.3 is 0 Å². The molecule has 5 heteroatoms. The average molecular weight is 367 g/mol. The molecular weight excluding hydrogens is 338 g/mol. The first-order valence-electron chi connectivity index (χ1n) is 9.88. The smallest absolute Gasteiger partial charge is 0.251 e. The van der Waals surface area contributed by atoms with Gasteiger partial charge in [0.1, 0.15) is 0 Å². The third-order valence-corrected chi connectivity index (χ3v) is 5.28. The summed E-state index contributed by atoms with van der Waals surface area (Å²) in [6, 6.07) is 13.6. The molecule has 144 valence electrons. The number of amides is 2. The van der Waals surface area contributed by atoms with Crippen molar-refractivity contribution in [1.82, 2.24) is 15.5 Å². The van der Waals surface area contributed by atoms with Crippen molar-refractivity contribution >= 4 is 22.6 Å². The number of fused-ring (bicyclic) bond motifs is 1. The van der Waals surface area contributed by atoms with Crippen molar-refractivity contribution in [3.63, 3.8) is 0 Å². The van der Waals surface area contributed by atoms with Gasteiger partial charge in [-0.25, -0.2) is 0 Å². The fourth-order valence-electron chi connectivity index (χ4n) is 3.45. The van der Waals surface area contributed by atoms with Crippen LogP contribution in [0, 0.1) is 5.92 Å². The third kappa shape index (κ3) is 5.79. The highest BCUT2D eigenvalue weighted by atomic mass is 16.2. The number of rotatable bonds is 7. The van der Waals surface area contributed by atoms with E-state index in [1.165, 1.54) is 12.8 Å². The molecule has 1 saturated heterocycles. The van der Waals surface area contributed by atoms with Crippen molar-refractivity contribution in [3.05, 3.63) is 48.0 Å². The number of nitrogens with zero attached hydrogens (tertiary/aromatic N) is 1. The summed E-state index contributed by atoms with van der Waals surface area (Å²) in [5, 5.41) is 7.92. The highest BCUT2D eigenvalue weighted by molar-refractivity contribution is 5.98. The number of nitrogens with one attached hydrogen (secondary N) is 2. The number of hydrogen-bond acceptors (Lipinski definition) is 3. The number of benzene rings is 2. The minimum atomic E-state index is -0.143. The van der Waals surface area contributed by atoms with E-state index in [4.69, 9.17) is 0 Å². The third-order valence-electron chi connectivity index (χ3n) is 5.28. The second-order valence-electron chi connectivity index (χ2n) is 7.44. The van der Waals surface area contributed by atoms with Gasteiger partial charge in [0.05, 0.1) is 0 Å². The van der Waals surface area contributed by atoms with Crippen LogP contribution in [0.15, 0.2) is 42.5 Å². The van der Waals surface area contributed by atoms with Crippen molar-refractivity contribution in [2.45, 2.75) is 26.2 Å². The fourth-order valence-corrected chi connectivity index (χ4v) is 3.45. The summed E-state index contributed by atoms with van der Waals surface area (Å²) in [6.07, 6.45) is 2.79. The SMILES string of the molecule is CC1CCN(CCNC(=O)CCNC(=O)c2ccc3ccccc3c2)CC1. The first-order valence-corrected chi connectivity index (χ1v) is 9.88. The van der Waals surface area contributed by atoms with Gasteiger partial charge in [-0.1, -0.05) is 37.3 Å². The van der Waals surface area contributed by atoms with Crippen LogP contribution in [0.3, 0.4) is 0 Å². The maximum atomic E-state index is 12.3. The molecule has 0 bridgehead atoms. The van der Waals surface area contributed by atoms with Crippen molar-refractivity contribution < 1.29 is 9.59 Å². The fraction of sp³-hybridized carbons (Fsp3) is 0.455. The van der Waals surface area contributed by atoms with E-state index in [0.717, 1.165) is 36.3 Å². The number of carbonyl (C=O) groups excluding carboxylic acids is 2. The molecule has 5 nitrogen and oxygen atoms in total. The summed E-state index contributed by atoms with van der Waals surface area (Å²) >= 11 is 0. The van der Waals surface area contributed by atoms with Gasteiger partial charge in [0, 0.05) is 31.6 Å². The summed E-state index contributed by atoms with van der Waals surface area (Å²) in [7, 11) is 0. The zero-order chi connectivity index (χ0) is 19.1. The topological polar surface area (TPSA) is 61.4 Å². The molecule has 0 saturated carbocycles. The number of hydrogen-bond donors (Lipinski definition) is 2. The summed E-state index contributed by atoms with van der Waals surface area (Å²) in [5.41, 5.74) is 0.619. The molecule has 27 heavy (non-hydrogen) atoms. The standard InChI is InChI=1S/C22H29N3O2/c1-17-9-13-25(14-10-17)15-12-23-21(26)8-11-24-22(27)20-7-6-18-4-2-3-5-19(18)16-20/h2-7,16-17H,8-15H2,1H3,(H,23,26)(H,24,27). The van der Waals surface area contributed by atoms with E-state index in [-0.39, 0.29) is 11.8 Å². The van der Waals surface area contributed by atoms with E-state index in [0.29, 0.717) is 25.1 Å². The minimum absolute atomic E-state index is 0.0146. The molecular formula is C22H29N3O2. The molecule has 0 unspecified atom stereocenters. The van der Waals surface area contributed by atoms with E-state index in [2.05, 4.69) is 22.5 Å². The summed E-state index contributed by atoms with van der Waals surface area (Å²) in [4.78, 5) is 26.6. The first kappa shape index (κ1) is 19.4. The maximum absolute atomic E-state index is 12.3. The van der Waals surface area contributed by atoms with Crippen molar-refractivity contribution in [2.24, 2.45) is 5.92 Å². The molecule has 0 aliphatic carbocycles. The second-order valence-corrected chi connectivity index (χ2v) is 7.44. The van der Waals surface area contributed by atoms with Gasteiger partial charge in [-0.3, -0.25) is 9.59 Å². The molecule has 0 radical (unpaired) electrons. The van der Waals surface area contributed by atoms with Crippen LogP contribution in [0.25, 0.3) is 10.8 Å². The monoisotopic (exact) mass is 367 g/mol. The van der Waals surface area contributed by atoms with Crippen LogP contribution in [0.1, 0.15) is 36.5 Å². The predicted molar refractivity (Wildman–Crippen MR) is 109 cm³/mol. The van der Waals surface area contributed by atoms with Gasteiger partial charge in [-0.05, 0) is 54.8 Å². The first-order chi connectivity index (χ1) is 13.1. The molecule has 3 rings (SSSR count). The molecule has 0 atom stereocenters. The van der Waals surface area contributed by atoms with Crippen LogP contribution in [0.4, 0.5) is 0 Å². The largest absolute Gasteiger partial charge is 0.355 e. The molecule has 1 fully saturated rings. The number of piperidine rings is 1. The molecule has 2 N–H and O–H groups in total. The number of carbonyl (C=O) groups is 2. The van der Waals surface area contributed by atoms with Crippen molar-refractivity contribution in [1.29, 1.82) is 0 Å². The second kappa shape index (κ2) is 9.51. The highest BCUT2D eigenvalue weighted by Gasteiger charge is 2.15. The normalized spacial score (nSPS) is 15.6.